The summed E-state index contributed by atoms with van der Waals surface area (Å²) in [6.45, 7) is 1.90. The van der Waals surface area contributed by atoms with Gasteiger partial charge in [-0.15, -0.1) is 11.3 Å². The smallest absolute Gasteiger partial charge is 0.252 e. The molecule has 0 atom stereocenters. The number of aromatic amines is 1. The summed E-state index contributed by atoms with van der Waals surface area (Å²) in [5.74, 6) is 0.322. The topological polar surface area (TPSA) is 70.1 Å². The number of hydrogen-bond donors (Lipinski definition) is 2. The average molecular weight is 310 g/mol. The first-order chi connectivity index (χ1) is 10.7. The Balaban J connectivity index is 1.87. The first-order valence-electron chi connectivity index (χ1n) is 6.73. The maximum atomic E-state index is 11.8. The van der Waals surface area contributed by atoms with Crippen molar-refractivity contribution in [1.29, 1.82) is 0 Å². The van der Waals surface area contributed by atoms with Crippen LogP contribution in [0.2, 0.25) is 0 Å². The summed E-state index contributed by atoms with van der Waals surface area (Å²) in [6.07, 6.45) is 0. The fourth-order valence-corrected chi connectivity index (χ4v) is 2.62. The second-order valence-electron chi connectivity index (χ2n) is 4.63. The van der Waals surface area contributed by atoms with E-state index in [1.807, 2.05) is 54.8 Å². The van der Waals surface area contributed by atoms with Crippen LogP contribution >= 0.6 is 11.3 Å². The molecule has 2 N–H and O–H groups in total. The van der Waals surface area contributed by atoms with Gasteiger partial charge in [0.2, 0.25) is 5.95 Å². The molecular formula is C16H14N4OS. The molecule has 1 aromatic carbocycles. The lowest BCUT2D eigenvalue weighted by atomic mass is 10.1. The van der Waals surface area contributed by atoms with Gasteiger partial charge in [0, 0.05) is 16.5 Å². The molecule has 110 valence electrons. The molecule has 0 spiro atoms. The Morgan fingerprint density at radius 3 is 2.77 bits per heavy atom. The molecule has 3 aromatic rings. The Bertz CT molecular complexity index is 838. The first kappa shape index (κ1) is 14.2. The van der Waals surface area contributed by atoms with Gasteiger partial charge in [-0.05, 0) is 18.4 Å². The quantitative estimate of drug-likeness (QED) is 0.573. The summed E-state index contributed by atoms with van der Waals surface area (Å²) in [7, 11) is 0. The van der Waals surface area contributed by atoms with E-state index in [0.717, 1.165) is 16.2 Å². The number of hydrazone groups is 1. The zero-order valence-corrected chi connectivity index (χ0v) is 12.7. The molecule has 6 heteroatoms. The van der Waals surface area contributed by atoms with E-state index in [1.165, 1.54) is 6.07 Å². The van der Waals surface area contributed by atoms with Crippen LogP contribution in [0.3, 0.4) is 0 Å². The van der Waals surface area contributed by atoms with E-state index in [-0.39, 0.29) is 5.56 Å². The fourth-order valence-electron chi connectivity index (χ4n) is 1.94. The summed E-state index contributed by atoms with van der Waals surface area (Å²) in [6, 6.07) is 15.0. The average Bonchev–Trinajstić information content (AvgIpc) is 3.07. The molecule has 0 saturated heterocycles. The summed E-state index contributed by atoms with van der Waals surface area (Å²) in [4.78, 5) is 19.9. The van der Waals surface area contributed by atoms with Crippen LogP contribution in [0.15, 0.2) is 63.8 Å². The summed E-state index contributed by atoms with van der Waals surface area (Å²) in [5.41, 5.74) is 4.92. The van der Waals surface area contributed by atoms with Crippen molar-refractivity contribution < 1.29 is 0 Å². The van der Waals surface area contributed by atoms with Gasteiger partial charge in [0.1, 0.15) is 0 Å². The minimum absolute atomic E-state index is 0.222. The van der Waals surface area contributed by atoms with Crippen LogP contribution in [0, 0.1) is 0 Å². The molecule has 0 aliphatic heterocycles. The van der Waals surface area contributed by atoms with Crippen molar-refractivity contribution >= 4 is 23.0 Å². The van der Waals surface area contributed by atoms with Crippen LogP contribution in [0.1, 0.15) is 11.8 Å². The second-order valence-corrected chi connectivity index (χ2v) is 5.58. The number of benzene rings is 1. The monoisotopic (exact) mass is 310 g/mol. The van der Waals surface area contributed by atoms with E-state index in [9.17, 15) is 4.79 Å². The number of nitrogens with zero attached hydrogens (tertiary/aromatic N) is 2. The van der Waals surface area contributed by atoms with Gasteiger partial charge < -0.3 is 0 Å². The van der Waals surface area contributed by atoms with Gasteiger partial charge in [-0.1, -0.05) is 36.4 Å². The second kappa shape index (κ2) is 6.36. The van der Waals surface area contributed by atoms with Crippen LogP contribution in [-0.2, 0) is 0 Å². The van der Waals surface area contributed by atoms with E-state index >= 15 is 0 Å². The van der Waals surface area contributed by atoms with Crippen LogP contribution in [-0.4, -0.2) is 15.7 Å². The molecule has 0 aliphatic carbocycles. The number of aromatic nitrogens is 2. The number of thiophene rings is 1. The molecule has 22 heavy (non-hydrogen) atoms. The van der Waals surface area contributed by atoms with Crippen molar-refractivity contribution in [2.24, 2.45) is 5.10 Å². The molecular weight excluding hydrogens is 296 g/mol. The van der Waals surface area contributed by atoms with Gasteiger partial charge in [-0.2, -0.15) is 5.10 Å². The van der Waals surface area contributed by atoms with Crippen molar-refractivity contribution in [1.82, 2.24) is 9.97 Å². The molecule has 3 rings (SSSR count). The maximum absolute atomic E-state index is 11.8. The van der Waals surface area contributed by atoms with E-state index < -0.39 is 0 Å². The summed E-state index contributed by atoms with van der Waals surface area (Å²) in [5, 5.41) is 6.25. The van der Waals surface area contributed by atoms with Gasteiger partial charge >= 0.3 is 0 Å². The molecule has 0 saturated carbocycles. The van der Waals surface area contributed by atoms with Crippen molar-refractivity contribution in [2.45, 2.75) is 6.92 Å². The lowest BCUT2D eigenvalue weighted by Gasteiger charge is -2.04. The number of hydrogen-bond acceptors (Lipinski definition) is 5. The Kier molecular flexibility index (Phi) is 4.11. The van der Waals surface area contributed by atoms with Crippen molar-refractivity contribution in [2.75, 3.05) is 5.43 Å². The minimum Gasteiger partial charge on any atom is -0.291 e. The van der Waals surface area contributed by atoms with E-state index in [2.05, 4.69) is 20.5 Å². The first-order valence-corrected chi connectivity index (χ1v) is 7.61. The standard InChI is InChI=1S/C16H14N4OS/c1-11(14-8-5-9-22-14)19-20-16-17-13(10-15(21)18-16)12-6-3-2-4-7-12/h2-10H,1H3,(H2,17,18,20,21)/b19-11+. The van der Waals surface area contributed by atoms with Gasteiger partial charge in [-0.25, -0.2) is 10.4 Å². The Labute approximate surface area is 131 Å². The predicted molar refractivity (Wildman–Crippen MR) is 90.4 cm³/mol. The van der Waals surface area contributed by atoms with Gasteiger partial charge in [-0.3, -0.25) is 9.78 Å². The SMILES string of the molecule is C/C(=N\Nc1nc(-c2ccccc2)cc(=O)[nH]1)c1cccs1. The zero-order valence-electron chi connectivity index (χ0n) is 11.9. The molecule has 0 fully saturated rings. The molecule has 0 bridgehead atoms. The molecule has 0 unspecified atom stereocenters. The normalized spacial score (nSPS) is 11.4. The molecule has 2 aromatic heterocycles. The van der Waals surface area contributed by atoms with E-state index in [1.54, 1.807) is 11.3 Å². The van der Waals surface area contributed by atoms with Crippen LogP contribution in [0.25, 0.3) is 11.3 Å². The molecule has 2 heterocycles. The largest absolute Gasteiger partial charge is 0.291 e. The summed E-state index contributed by atoms with van der Waals surface area (Å²) >= 11 is 1.61. The van der Waals surface area contributed by atoms with Gasteiger partial charge in [0.05, 0.1) is 11.4 Å². The fraction of sp³-hybridized carbons (Fsp3) is 0.0625. The molecule has 0 aliphatic rings. The lowest BCUT2D eigenvalue weighted by Crippen LogP contribution is -2.11. The third kappa shape index (κ3) is 3.29. The highest BCUT2D eigenvalue weighted by Gasteiger charge is 2.04. The van der Waals surface area contributed by atoms with Crippen LogP contribution in [0.5, 0.6) is 0 Å². The Hall–Kier alpha value is -2.73. The molecule has 0 radical (unpaired) electrons. The van der Waals surface area contributed by atoms with E-state index in [4.69, 9.17) is 0 Å². The van der Waals surface area contributed by atoms with Crippen LogP contribution in [0.4, 0.5) is 5.95 Å². The van der Waals surface area contributed by atoms with Gasteiger partial charge in [0.25, 0.3) is 5.56 Å². The number of anilines is 1. The number of H-pyrrole nitrogens is 1. The van der Waals surface area contributed by atoms with Crippen LogP contribution < -0.4 is 11.0 Å². The van der Waals surface area contributed by atoms with Crippen molar-refractivity contribution in [3.63, 3.8) is 0 Å². The zero-order chi connectivity index (χ0) is 15.4. The van der Waals surface area contributed by atoms with Crippen molar-refractivity contribution in [3.05, 3.63) is 69.1 Å². The third-order valence-electron chi connectivity index (χ3n) is 3.02. The van der Waals surface area contributed by atoms with Gasteiger partial charge in [0.15, 0.2) is 0 Å². The molecule has 5 nitrogen and oxygen atoms in total. The highest BCUT2D eigenvalue weighted by molar-refractivity contribution is 7.12. The Morgan fingerprint density at radius 2 is 2.05 bits per heavy atom. The number of nitrogens with one attached hydrogen (secondary N) is 2. The summed E-state index contributed by atoms with van der Waals surface area (Å²) < 4.78 is 0. The highest BCUT2D eigenvalue weighted by Crippen LogP contribution is 2.15. The predicted octanol–water partition coefficient (Wildman–Crippen LogP) is 3.33. The van der Waals surface area contributed by atoms with Crippen molar-refractivity contribution in [3.8, 4) is 11.3 Å². The minimum atomic E-state index is -0.222. The van der Waals surface area contributed by atoms with E-state index in [0.29, 0.717) is 11.6 Å². The lowest BCUT2D eigenvalue weighted by molar-refractivity contribution is 1.08. The highest BCUT2D eigenvalue weighted by atomic mass is 32.1. The molecule has 0 amide bonds. The Morgan fingerprint density at radius 1 is 1.23 bits per heavy atom. The number of rotatable bonds is 4. The third-order valence-corrected chi connectivity index (χ3v) is 4.00. The maximum Gasteiger partial charge on any atom is 0.252 e.